The number of benzene rings is 1. The summed E-state index contributed by atoms with van der Waals surface area (Å²) >= 11 is 0. The van der Waals surface area contributed by atoms with Gasteiger partial charge in [0.05, 0.1) is 0 Å². The maximum absolute atomic E-state index is 14.5. The average molecular weight is 429 g/mol. The Morgan fingerprint density at radius 1 is 0.774 bits per heavy atom. The Morgan fingerprint density at radius 3 is 1.94 bits per heavy atom. The highest BCUT2D eigenvalue weighted by atomic mass is 19.2. The fourth-order valence-corrected chi connectivity index (χ4v) is 3.76. The first kappa shape index (κ1) is 25.3. The molecule has 1 aromatic carbocycles. The number of halogens is 1. The minimum atomic E-state index is -1.63. The van der Waals surface area contributed by atoms with E-state index in [-0.39, 0.29) is 0 Å². The second-order valence-electron chi connectivity index (χ2n) is 8.83. The van der Waals surface area contributed by atoms with Gasteiger partial charge in [-0.15, -0.1) is 0 Å². The molecule has 1 atom stereocenters. The van der Waals surface area contributed by atoms with Crippen LogP contribution in [0.3, 0.4) is 0 Å². The van der Waals surface area contributed by atoms with E-state index in [4.69, 9.17) is 4.74 Å². The highest BCUT2D eigenvalue weighted by Crippen LogP contribution is 2.27. The van der Waals surface area contributed by atoms with Crippen molar-refractivity contribution in [2.24, 2.45) is 0 Å². The molecule has 0 N–H and O–H groups in total. The number of aromatic nitrogens is 2. The third-order valence-corrected chi connectivity index (χ3v) is 5.69. The molecule has 2 rings (SSSR count). The summed E-state index contributed by atoms with van der Waals surface area (Å²) in [6, 6.07) is 7.38. The lowest BCUT2D eigenvalue weighted by Crippen LogP contribution is -2.26. The smallest absolute Gasteiger partial charge is 0.245 e. The second-order valence-corrected chi connectivity index (χ2v) is 8.83. The van der Waals surface area contributed by atoms with Crippen LogP contribution in [0, 0.1) is 0 Å². The zero-order valence-corrected chi connectivity index (χ0v) is 19.8. The van der Waals surface area contributed by atoms with Crippen molar-refractivity contribution >= 4 is 0 Å². The first-order chi connectivity index (χ1) is 15.0. The fraction of sp³-hybridized carbons (Fsp3) is 0.630. The summed E-state index contributed by atoms with van der Waals surface area (Å²) < 4.78 is 20.1. The molecule has 0 aliphatic carbocycles. The van der Waals surface area contributed by atoms with E-state index in [0.29, 0.717) is 18.0 Å². The van der Waals surface area contributed by atoms with Crippen molar-refractivity contribution in [2.75, 3.05) is 0 Å². The van der Waals surface area contributed by atoms with Gasteiger partial charge < -0.3 is 4.74 Å². The minimum absolute atomic E-state index is 0.409. The monoisotopic (exact) mass is 428 g/mol. The van der Waals surface area contributed by atoms with E-state index in [1.165, 1.54) is 63.9 Å². The molecular weight excluding hydrogens is 387 g/mol. The molecule has 0 fully saturated rings. The number of ether oxygens (including phenoxy) is 1. The van der Waals surface area contributed by atoms with Crippen molar-refractivity contribution < 1.29 is 9.13 Å². The Kier molecular flexibility index (Phi) is 11.6. The zero-order valence-electron chi connectivity index (χ0n) is 19.8. The molecule has 0 amide bonds. The van der Waals surface area contributed by atoms with Crippen LogP contribution in [-0.4, -0.2) is 15.8 Å². The van der Waals surface area contributed by atoms with Gasteiger partial charge in [0.2, 0.25) is 5.85 Å². The predicted octanol–water partition coefficient (Wildman–Crippen LogP) is 8.47. The lowest BCUT2D eigenvalue weighted by molar-refractivity contribution is -0.0529. The zero-order chi connectivity index (χ0) is 22.4. The third kappa shape index (κ3) is 10.3. The highest BCUT2D eigenvalue weighted by molar-refractivity contribution is 5.55. The van der Waals surface area contributed by atoms with Crippen LogP contribution in [0.5, 0.6) is 5.75 Å². The Morgan fingerprint density at radius 2 is 1.32 bits per heavy atom. The van der Waals surface area contributed by atoms with Crippen molar-refractivity contribution in [2.45, 2.75) is 110 Å². The molecule has 1 aromatic heterocycles. The van der Waals surface area contributed by atoms with Gasteiger partial charge in [0, 0.05) is 31.3 Å². The number of hydrogen-bond donors (Lipinski definition) is 0. The molecule has 0 aliphatic heterocycles. The van der Waals surface area contributed by atoms with Crippen LogP contribution in [0.2, 0.25) is 0 Å². The van der Waals surface area contributed by atoms with Gasteiger partial charge in [0.1, 0.15) is 5.75 Å². The molecular formula is C27H41FN2O. The Balaban J connectivity index is 1.75. The molecule has 2 aromatic rings. The topological polar surface area (TPSA) is 35.0 Å². The van der Waals surface area contributed by atoms with Crippen LogP contribution in [0.25, 0.3) is 11.4 Å². The molecule has 31 heavy (non-hydrogen) atoms. The van der Waals surface area contributed by atoms with Crippen LogP contribution in [0.15, 0.2) is 36.7 Å². The van der Waals surface area contributed by atoms with Gasteiger partial charge in [-0.2, -0.15) is 4.39 Å². The number of hydrogen-bond acceptors (Lipinski definition) is 3. The Bertz CT molecular complexity index is 713. The Labute approximate surface area is 188 Å². The third-order valence-electron chi connectivity index (χ3n) is 5.69. The summed E-state index contributed by atoms with van der Waals surface area (Å²) in [7, 11) is 0. The maximum atomic E-state index is 14.5. The SMILES string of the molecule is CCCCCCCCCCc1cnc(-c2ccc(OC(C)(F)CCCCC)cc2)nc1. The van der Waals surface area contributed by atoms with Gasteiger partial charge in [-0.25, -0.2) is 9.97 Å². The van der Waals surface area contributed by atoms with Crippen molar-refractivity contribution in [1.29, 1.82) is 0 Å². The summed E-state index contributed by atoms with van der Waals surface area (Å²) in [6.45, 7) is 5.87. The van der Waals surface area contributed by atoms with E-state index in [2.05, 4.69) is 23.8 Å². The first-order valence-corrected chi connectivity index (χ1v) is 12.3. The molecule has 0 radical (unpaired) electrons. The van der Waals surface area contributed by atoms with Crippen LogP contribution in [0.4, 0.5) is 4.39 Å². The van der Waals surface area contributed by atoms with E-state index < -0.39 is 5.85 Å². The summed E-state index contributed by atoms with van der Waals surface area (Å²) in [5, 5.41) is 0. The molecule has 172 valence electrons. The number of aryl methyl sites for hydroxylation is 1. The number of nitrogens with zero attached hydrogens (tertiary/aromatic N) is 2. The average Bonchev–Trinajstić information content (AvgIpc) is 2.76. The van der Waals surface area contributed by atoms with E-state index >= 15 is 0 Å². The van der Waals surface area contributed by atoms with Crippen LogP contribution in [0.1, 0.15) is 103 Å². The van der Waals surface area contributed by atoms with E-state index in [0.717, 1.165) is 31.2 Å². The van der Waals surface area contributed by atoms with Crippen molar-refractivity contribution in [1.82, 2.24) is 9.97 Å². The first-order valence-electron chi connectivity index (χ1n) is 12.3. The molecule has 3 nitrogen and oxygen atoms in total. The van der Waals surface area contributed by atoms with Gasteiger partial charge in [0.25, 0.3) is 0 Å². The second kappa shape index (κ2) is 14.2. The van der Waals surface area contributed by atoms with E-state index in [1.807, 2.05) is 24.5 Å². The Hall–Kier alpha value is -1.97. The standard InChI is InChI=1S/C27H41FN2O/c1-4-6-8-9-10-11-12-13-15-23-21-29-26(30-22-23)24-16-18-25(19-17-24)31-27(3,28)20-14-7-5-2/h16-19,21-22H,4-15,20H2,1-3H3. The number of alkyl halides is 1. The summed E-state index contributed by atoms with van der Waals surface area (Å²) in [4.78, 5) is 9.05. The van der Waals surface area contributed by atoms with Crippen molar-refractivity contribution in [3.8, 4) is 17.1 Å². The number of rotatable bonds is 16. The largest absolute Gasteiger partial charge is 0.458 e. The number of unbranched alkanes of at least 4 members (excludes halogenated alkanes) is 9. The van der Waals surface area contributed by atoms with Gasteiger partial charge in [-0.1, -0.05) is 71.6 Å². The quantitative estimate of drug-likeness (QED) is 0.251. The molecule has 1 heterocycles. The van der Waals surface area contributed by atoms with Crippen molar-refractivity contribution in [3.63, 3.8) is 0 Å². The molecule has 0 bridgehead atoms. The maximum Gasteiger partial charge on any atom is 0.245 e. The molecule has 0 aliphatic rings. The summed E-state index contributed by atoms with van der Waals surface area (Å²) in [6.07, 6.45) is 18.8. The summed E-state index contributed by atoms with van der Waals surface area (Å²) in [5.41, 5.74) is 2.10. The van der Waals surface area contributed by atoms with Gasteiger partial charge in [-0.05, 0) is 49.1 Å². The van der Waals surface area contributed by atoms with Crippen molar-refractivity contribution in [3.05, 3.63) is 42.2 Å². The lowest BCUT2D eigenvalue weighted by Gasteiger charge is -2.22. The van der Waals surface area contributed by atoms with Gasteiger partial charge >= 0.3 is 0 Å². The van der Waals surface area contributed by atoms with Crippen LogP contribution < -0.4 is 4.74 Å². The van der Waals surface area contributed by atoms with E-state index in [9.17, 15) is 4.39 Å². The van der Waals surface area contributed by atoms with Crippen LogP contribution in [-0.2, 0) is 6.42 Å². The molecule has 4 heteroatoms. The molecule has 1 unspecified atom stereocenters. The normalized spacial score (nSPS) is 13.2. The minimum Gasteiger partial charge on any atom is -0.458 e. The fourth-order valence-electron chi connectivity index (χ4n) is 3.76. The van der Waals surface area contributed by atoms with Gasteiger partial charge in [0.15, 0.2) is 5.82 Å². The molecule has 0 saturated heterocycles. The predicted molar refractivity (Wildman–Crippen MR) is 128 cm³/mol. The highest BCUT2D eigenvalue weighted by Gasteiger charge is 2.24. The summed E-state index contributed by atoms with van der Waals surface area (Å²) in [5.74, 6) is -0.404. The van der Waals surface area contributed by atoms with E-state index in [1.54, 1.807) is 12.1 Å². The van der Waals surface area contributed by atoms with Gasteiger partial charge in [-0.3, -0.25) is 0 Å². The lowest BCUT2D eigenvalue weighted by atomic mass is 10.1. The molecule has 0 saturated carbocycles. The molecule has 0 spiro atoms. The van der Waals surface area contributed by atoms with Crippen LogP contribution >= 0.6 is 0 Å².